The third kappa shape index (κ3) is 2.32. The zero-order chi connectivity index (χ0) is 8.27. The van der Waals surface area contributed by atoms with Crippen LogP contribution in [0, 0.1) is 0 Å². The lowest BCUT2D eigenvalue weighted by atomic mass is 10.4. The van der Waals surface area contributed by atoms with Crippen LogP contribution in [0.1, 0.15) is 6.92 Å². The fourth-order valence-corrected chi connectivity index (χ4v) is 0.760. The van der Waals surface area contributed by atoms with Crippen molar-refractivity contribution in [2.45, 2.75) is 6.92 Å². The highest BCUT2D eigenvalue weighted by Gasteiger charge is 2.15. The zero-order valence-corrected chi connectivity index (χ0v) is 6.59. The average Bonchev–Trinajstić information content (AvgIpc) is 2.39. The highest BCUT2D eigenvalue weighted by molar-refractivity contribution is 5.86. The van der Waals surface area contributed by atoms with Crippen LogP contribution >= 0.6 is 0 Å². The topological polar surface area (TPSA) is 41.6 Å². The molecule has 0 aromatic rings. The molecule has 0 aromatic heterocycles. The molecule has 1 heterocycles. The first-order valence-electron chi connectivity index (χ1n) is 3.53. The second kappa shape index (κ2) is 3.50. The summed E-state index contributed by atoms with van der Waals surface area (Å²) >= 11 is 0. The molecule has 4 nitrogen and oxygen atoms in total. The summed E-state index contributed by atoms with van der Waals surface area (Å²) in [6.07, 6.45) is 0. The Kier molecular flexibility index (Phi) is 2.62. The van der Waals surface area contributed by atoms with Gasteiger partial charge in [-0.05, 0) is 6.92 Å². The molecule has 0 atom stereocenters. The molecule has 1 fully saturated rings. The summed E-state index contributed by atoms with van der Waals surface area (Å²) < 4.78 is 0. The van der Waals surface area contributed by atoms with Crippen molar-refractivity contribution in [2.24, 2.45) is 0 Å². The van der Waals surface area contributed by atoms with Gasteiger partial charge in [-0.3, -0.25) is 0 Å². The summed E-state index contributed by atoms with van der Waals surface area (Å²) in [4.78, 5) is 15.8. The number of nitrogens with one attached hydrogen (secondary N) is 1. The monoisotopic (exact) mass is 156 g/mol. The standard InChI is InChI=1S/C7H12N2O2/c1-6(2)7(10)11-9-4-3-8-5-9/h8H,1,3-5H2,2H3. The van der Waals surface area contributed by atoms with Gasteiger partial charge in [0.2, 0.25) is 0 Å². The van der Waals surface area contributed by atoms with E-state index in [1.807, 2.05) is 0 Å². The summed E-state index contributed by atoms with van der Waals surface area (Å²) in [5.41, 5.74) is 0.428. The van der Waals surface area contributed by atoms with E-state index >= 15 is 0 Å². The molecular formula is C7H12N2O2. The van der Waals surface area contributed by atoms with E-state index in [1.54, 1.807) is 12.0 Å². The highest BCUT2D eigenvalue weighted by Crippen LogP contribution is 1.98. The molecule has 1 rings (SSSR count). The van der Waals surface area contributed by atoms with Crippen LogP contribution in [-0.4, -0.2) is 30.8 Å². The Morgan fingerprint density at radius 3 is 2.91 bits per heavy atom. The van der Waals surface area contributed by atoms with E-state index in [9.17, 15) is 4.79 Å². The number of carbonyl (C=O) groups excluding carboxylic acids is 1. The van der Waals surface area contributed by atoms with Crippen LogP contribution < -0.4 is 5.32 Å². The second-order valence-corrected chi connectivity index (χ2v) is 2.52. The first-order chi connectivity index (χ1) is 5.20. The van der Waals surface area contributed by atoms with Gasteiger partial charge in [-0.25, -0.2) is 4.79 Å². The Hall–Kier alpha value is -0.870. The predicted molar refractivity (Wildman–Crippen MR) is 40.5 cm³/mol. The molecule has 0 unspecified atom stereocenters. The summed E-state index contributed by atoms with van der Waals surface area (Å²) in [5, 5.41) is 4.62. The van der Waals surface area contributed by atoms with Crippen LogP contribution in [0.4, 0.5) is 0 Å². The Morgan fingerprint density at radius 2 is 2.45 bits per heavy atom. The van der Waals surface area contributed by atoms with Gasteiger partial charge in [-0.2, -0.15) is 0 Å². The summed E-state index contributed by atoms with van der Waals surface area (Å²) in [6, 6.07) is 0. The minimum absolute atomic E-state index is 0.353. The van der Waals surface area contributed by atoms with Crippen molar-refractivity contribution in [1.29, 1.82) is 0 Å². The molecule has 0 bridgehead atoms. The number of hydroxylamine groups is 2. The van der Waals surface area contributed by atoms with E-state index in [0.29, 0.717) is 12.2 Å². The molecule has 1 N–H and O–H groups in total. The lowest BCUT2D eigenvalue weighted by molar-refractivity contribution is -0.180. The van der Waals surface area contributed by atoms with Crippen molar-refractivity contribution in [3.8, 4) is 0 Å². The quantitative estimate of drug-likeness (QED) is 0.566. The predicted octanol–water partition coefficient (Wildman–Crippen LogP) is -0.117. The van der Waals surface area contributed by atoms with E-state index in [-0.39, 0.29) is 5.97 Å². The van der Waals surface area contributed by atoms with Crippen molar-refractivity contribution in [3.05, 3.63) is 12.2 Å². The molecule has 62 valence electrons. The third-order valence-corrected chi connectivity index (χ3v) is 1.39. The van der Waals surface area contributed by atoms with Crippen LogP contribution in [0.25, 0.3) is 0 Å². The number of carbonyl (C=O) groups is 1. The fraction of sp³-hybridized carbons (Fsp3) is 0.571. The Morgan fingerprint density at radius 1 is 1.73 bits per heavy atom. The molecule has 1 saturated heterocycles. The minimum Gasteiger partial charge on any atom is -0.363 e. The van der Waals surface area contributed by atoms with Gasteiger partial charge in [0.15, 0.2) is 0 Å². The van der Waals surface area contributed by atoms with E-state index < -0.39 is 0 Å². The molecule has 1 aliphatic heterocycles. The SMILES string of the molecule is C=C(C)C(=O)ON1CCNC1. The molecule has 0 saturated carbocycles. The molecule has 0 aromatic carbocycles. The zero-order valence-electron chi connectivity index (χ0n) is 6.59. The lowest BCUT2D eigenvalue weighted by Gasteiger charge is -2.12. The lowest BCUT2D eigenvalue weighted by Crippen LogP contribution is -2.26. The fourth-order valence-electron chi connectivity index (χ4n) is 0.760. The molecule has 0 radical (unpaired) electrons. The number of rotatable bonds is 2. The van der Waals surface area contributed by atoms with E-state index in [1.165, 1.54) is 0 Å². The molecule has 4 heteroatoms. The molecular weight excluding hydrogens is 144 g/mol. The van der Waals surface area contributed by atoms with Gasteiger partial charge in [-0.1, -0.05) is 6.58 Å². The van der Waals surface area contributed by atoms with Gasteiger partial charge >= 0.3 is 5.97 Å². The van der Waals surface area contributed by atoms with Gasteiger partial charge in [0.05, 0.1) is 6.67 Å². The maximum Gasteiger partial charge on any atom is 0.352 e. The van der Waals surface area contributed by atoms with Crippen LogP contribution in [-0.2, 0) is 9.63 Å². The van der Waals surface area contributed by atoms with Gasteiger partial charge in [-0.15, -0.1) is 5.06 Å². The molecule has 11 heavy (non-hydrogen) atoms. The molecule has 0 aliphatic carbocycles. The van der Waals surface area contributed by atoms with Crippen molar-refractivity contribution >= 4 is 5.97 Å². The van der Waals surface area contributed by atoms with Crippen LogP contribution in [0.5, 0.6) is 0 Å². The number of nitrogens with zero attached hydrogens (tertiary/aromatic N) is 1. The number of hydrogen-bond acceptors (Lipinski definition) is 4. The van der Waals surface area contributed by atoms with Gasteiger partial charge < -0.3 is 10.2 Å². The highest BCUT2D eigenvalue weighted by atomic mass is 16.7. The molecule has 0 amide bonds. The van der Waals surface area contributed by atoms with E-state index in [4.69, 9.17) is 4.84 Å². The maximum absolute atomic E-state index is 10.9. The van der Waals surface area contributed by atoms with Crippen molar-refractivity contribution in [3.63, 3.8) is 0 Å². The minimum atomic E-state index is -0.353. The van der Waals surface area contributed by atoms with E-state index in [0.717, 1.165) is 13.1 Å². The first kappa shape index (κ1) is 8.23. The largest absolute Gasteiger partial charge is 0.363 e. The molecule has 0 spiro atoms. The Bertz CT molecular complexity index is 173. The van der Waals surface area contributed by atoms with Crippen LogP contribution in [0.3, 0.4) is 0 Å². The summed E-state index contributed by atoms with van der Waals surface area (Å²) in [7, 11) is 0. The molecule has 1 aliphatic rings. The summed E-state index contributed by atoms with van der Waals surface area (Å²) in [5.74, 6) is -0.353. The third-order valence-electron chi connectivity index (χ3n) is 1.39. The summed E-state index contributed by atoms with van der Waals surface area (Å²) in [6.45, 7) is 7.33. The maximum atomic E-state index is 10.9. The first-order valence-corrected chi connectivity index (χ1v) is 3.53. The average molecular weight is 156 g/mol. The Balaban J connectivity index is 2.29. The second-order valence-electron chi connectivity index (χ2n) is 2.52. The Labute approximate surface area is 65.8 Å². The van der Waals surface area contributed by atoms with Crippen molar-refractivity contribution < 1.29 is 9.63 Å². The van der Waals surface area contributed by atoms with E-state index in [2.05, 4.69) is 11.9 Å². The van der Waals surface area contributed by atoms with Crippen molar-refractivity contribution in [2.75, 3.05) is 19.8 Å². The normalized spacial score (nSPS) is 18.3. The number of hydrogen-bond donors (Lipinski definition) is 1. The van der Waals surface area contributed by atoms with Crippen LogP contribution in [0.15, 0.2) is 12.2 Å². The smallest absolute Gasteiger partial charge is 0.352 e. The van der Waals surface area contributed by atoms with Crippen LogP contribution in [0.2, 0.25) is 0 Å². The van der Waals surface area contributed by atoms with Crippen molar-refractivity contribution in [1.82, 2.24) is 10.4 Å². The van der Waals surface area contributed by atoms with Gasteiger partial charge in [0.1, 0.15) is 0 Å². The van der Waals surface area contributed by atoms with Gasteiger partial charge in [0.25, 0.3) is 0 Å². The van der Waals surface area contributed by atoms with Gasteiger partial charge in [0, 0.05) is 18.7 Å².